The molecule has 1 N–H and O–H groups in total. The van der Waals surface area contributed by atoms with Crippen LogP contribution in [0.1, 0.15) is 12.0 Å². The van der Waals surface area contributed by atoms with Crippen LogP contribution >= 0.6 is 0 Å². The summed E-state index contributed by atoms with van der Waals surface area (Å²) in [5.74, 6) is -0.168. The summed E-state index contributed by atoms with van der Waals surface area (Å²) in [5.41, 5.74) is 4.07. The molecule has 28 heavy (non-hydrogen) atoms. The summed E-state index contributed by atoms with van der Waals surface area (Å²) in [6.45, 7) is 1.14. The maximum atomic E-state index is 12.4. The van der Waals surface area contributed by atoms with Crippen molar-refractivity contribution < 1.29 is 9.72 Å². The molecule has 1 aliphatic heterocycles. The minimum atomic E-state index is -0.506. The van der Waals surface area contributed by atoms with Crippen molar-refractivity contribution in [3.05, 3.63) is 76.6 Å². The normalized spacial score (nSPS) is 12.6. The number of rotatable bonds is 6. The van der Waals surface area contributed by atoms with Crippen molar-refractivity contribution in [1.82, 2.24) is 9.78 Å². The fraction of sp³-hybridized carbons (Fsp3) is 0.200. The van der Waals surface area contributed by atoms with Crippen LogP contribution < -0.4 is 10.2 Å². The monoisotopic (exact) mass is 377 g/mol. The molecule has 142 valence electrons. The van der Waals surface area contributed by atoms with Gasteiger partial charge in [0.15, 0.2) is 0 Å². The lowest BCUT2D eigenvalue weighted by Gasteiger charge is -2.23. The molecule has 3 aromatic rings. The van der Waals surface area contributed by atoms with Gasteiger partial charge in [0, 0.05) is 25.2 Å². The number of nitro groups is 1. The highest BCUT2D eigenvalue weighted by molar-refractivity contribution is 5.95. The van der Waals surface area contributed by atoms with E-state index in [-0.39, 0.29) is 24.6 Å². The van der Waals surface area contributed by atoms with Gasteiger partial charge in [-0.1, -0.05) is 30.3 Å². The zero-order valence-corrected chi connectivity index (χ0v) is 15.1. The largest absolute Gasteiger partial charge is 0.339 e. The van der Waals surface area contributed by atoms with Gasteiger partial charge >= 0.3 is 5.69 Å². The summed E-state index contributed by atoms with van der Waals surface area (Å²) in [5, 5.41) is 17.6. The van der Waals surface area contributed by atoms with Gasteiger partial charge < -0.3 is 10.2 Å². The fourth-order valence-electron chi connectivity index (χ4n) is 3.40. The molecule has 0 saturated carbocycles. The van der Waals surface area contributed by atoms with Crippen molar-refractivity contribution >= 4 is 28.7 Å². The Bertz CT molecular complexity index is 1030. The zero-order chi connectivity index (χ0) is 19.5. The molecule has 0 aliphatic carbocycles. The third kappa shape index (κ3) is 3.57. The number of aryl methyl sites for hydroxylation is 1. The average molecular weight is 377 g/mol. The quantitative estimate of drug-likeness (QED) is 0.524. The number of aromatic nitrogens is 2. The third-order valence-electron chi connectivity index (χ3n) is 4.75. The van der Waals surface area contributed by atoms with Crippen molar-refractivity contribution in [1.29, 1.82) is 0 Å². The Labute approximate surface area is 161 Å². The van der Waals surface area contributed by atoms with Crippen molar-refractivity contribution in [3.8, 4) is 0 Å². The van der Waals surface area contributed by atoms with E-state index < -0.39 is 4.92 Å². The smallest absolute Gasteiger partial charge is 0.306 e. The van der Waals surface area contributed by atoms with Gasteiger partial charge in [-0.3, -0.25) is 19.6 Å². The number of nitrogens with zero attached hydrogens (tertiary/aromatic N) is 4. The number of carbonyl (C=O) groups is 1. The SMILES string of the molecule is O=C(CCn1cc([N+](=O)[O-])cn1)Nc1ccccc1N1CCc2ccccc21. The van der Waals surface area contributed by atoms with Crippen LogP contribution in [0.25, 0.3) is 0 Å². The molecule has 1 aliphatic rings. The molecule has 4 rings (SSSR count). The highest BCUT2D eigenvalue weighted by Gasteiger charge is 2.22. The number of benzene rings is 2. The van der Waals surface area contributed by atoms with Crippen LogP contribution in [0.15, 0.2) is 60.9 Å². The van der Waals surface area contributed by atoms with E-state index in [1.807, 2.05) is 36.4 Å². The summed E-state index contributed by atoms with van der Waals surface area (Å²) >= 11 is 0. The number of fused-ring (bicyclic) bond motifs is 1. The number of carbonyl (C=O) groups excluding carboxylic acids is 1. The summed E-state index contributed by atoms with van der Waals surface area (Å²) in [4.78, 5) is 24.9. The van der Waals surface area contributed by atoms with Crippen molar-refractivity contribution in [3.63, 3.8) is 0 Å². The molecule has 2 heterocycles. The predicted molar refractivity (Wildman–Crippen MR) is 106 cm³/mol. The molecule has 1 amide bonds. The van der Waals surface area contributed by atoms with Crippen LogP contribution in [0.4, 0.5) is 22.7 Å². The van der Waals surface area contributed by atoms with Crippen molar-refractivity contribution in [2.45, 2.75) is 19.4 Å². The minimum Gasteiger partial charge on any atom is -0.339 e. The van der Waals surface area contributed by atoms with Crippen molar-refractivity contribution in [2.24, 2.45) is 0 Å². The summed E-state index contributed by atoms with van der Waals surface area (Å²) < 4.78 is 1.40. The van der Waals surface area contributed by atoms with Crippen LogP contribution in [0, 0.1) is 10.1 Å². The van der Waals surface area contributed by atoms with Gasteiger partial charge in [0.2, 0.25) is 5.91 Å². The lowest BCUT2D eigenvalue weighted by Crippen LogP contribution is -2.19. The molecule has 0 bridgehead atoms. The maximum absolute atomic E-state index is 12.4. The summed E-state index contributed by atoms with van der Waals surface area (Å²) in [6, 6.07) is 16.0. The predicted octanol–water partition coefficient (Wildman–Crippen LogP) is 3.51. The van der Waals surface area contributed by atoms with E-state index in [2.05, 4.69) is 27.4 Å². The van der Waals surface area contributed by atoms with Gasteiger partial charge in [-0.05, 0) is 30.2 Å². The Balaban J connectivity index is 1.45. The summed E-state index contributed by atoms with van der Waals surface area (Å²) in [7, 11) is 0. The number of amides is 1. The molecule has 0 saturated heterocycles. The zero-order valence-electron chi connectivity index (χ0n) is 15.1. The second-order valence-corrected chi connectivity index (χ2v) is 6.56. The molecular weight excluding hydrogens is 358 g/mol. The van der Waals surface area contributed by atoms with Gasteiger partial charge in [0.05, 0.1) is 16.3 Å². The Hall–Kier alpha value is -3.68. The lowest BCUT2D eigenvalue weighted by atomic mass is 10.1. The molecule has 0 fully saturated rings. The van der Waals surface area contributed by atoms with Gasteiger partial charge in [-0.25, -0.2) is 0 Å². The van der Waals surface area contributed by atoms with Crippen LogP contribution in [-0.4, -0.2) is 27.2 Å². The lowest BCUT2D eigenvalue weighted by molar-refractivity contribution is -0.385. The Morgan fingerprint density at radius 3 is 2.68 bits per heavy atom. The van der Waals surface area contributed by atoms with Gasteiger partial charge in [-0.15, -0.1) is 0 Å². The molecule has 0 radical (unpaired) electrons. The summed E-state index contributed by atoms with van der Waals surface area (Å²) in [6.07, 6.45) is 3.64. The highest BCUT2D eigenvalue weighted by atomic mass is 16.6. The second kappa shape index (κ2) is 7.51. The number of hydrogen-bond acceptors (Lipinski definition) is 5. The van der Waals surface area contributed by atoms with Crippen LogP contribution in [0.2, 0.25) is 0 Å². The first-order valence-corrected chi connectivity index (χ1v) is 9.03. The number of nitrogens with one attached hydrogen (secondary N) is 1. The van der Waals surface area contributed by atoms with E-state index in [4.69, 9.17) is 0 Å². The van der Waals surface area contributed by atoms with Gasteiger partial charge in [0.1, 0.15) is 12.4 Å². The van der Waals surface area contributed by atoms with E-state index in [1.54, 1.807) is 0 Å². The molecule has 0 unspecified atom stereocenters. The molecule has 0 spiro atoms. The number of hydrogen-bond donors (Lipinski definition) is 1. The molecule has 8 nitrogen and oxygen atoms in total. The van der Waals surface area contributed by atoms with Crippen molar-refractivity contribution in [2.75, 3.05) is 16.8 Å². The van der Waals surface area contributed by atoms with E-state index in [1.165, 1.54) is 22.6 Å². The van der Waals surface area contributed by atoms with E-state index in [9.17, 15) is 14.9 Å². The molecular formula is C20H19N5O3. The van der Waals surface area contributed by atoms with Gasteiger partial charge in [0.25, 0.3) is 0 Å². The molecule has 2 aromatic carbocycles. The first-order chi connectivity index (χ1) is 13.6. The van der Waals surface area contributed by atoms with Gasteiger partial charge in [-0.2, -0.15) is 5.10 Å². The third-order valence-corrected chi connectivity index (χ3v) is 4.75. The van der Waals surface area contributed by atoms with Crippen LogP contribution in [0.3, 0.4) is 0 Å². The number of anilines is 3. The standard InChI is InChI=1S/C20H19N5O3/c26-20(10-11-23-14-16(13-21-23)25(27)28)22-17-6-2-4-8-19(17)24-12-9-15-5-1-3-7-18(15)24/h1-8,13-14H,9-12H2,(H,22,26). The Morgan fingerprint density at radius 2 is 1.89 bits per heavy atom. The molecule has 0 atom stereocenters. The topological polar surface area (TPSA) is 93.3 Å². The molecule has 1 aromatic heterocycles. The first kappa shape index (κ1) is 17.7. The van der Waals surface area contributed by atoms with Crippen LogP contribution in [0.5, 0.6) is 0 Å². The molecule has 8 heteroatoms. The maximum Gasteiger partial charge on any atom is 0.306 e. The van der Waals surface area contributed by atoms with E-state index in [0.29, 0.717) is 0 Å². The Kier molecular flexibility index (Phi) is 4.76. The van der Waals surface area contributed by atoms with E-state index in [0.717, 1.165) is 30.0 Å². The van der Waals surface area contributed by atoms with Crippen LogP contribution in [-0.2, 0) is 17.8 Å². The first-order valence-electron chi connectivity index (χ1n) is 9.03. The number of para-hydroxylation sites is 3. The van der Waals surface area contributed by atoms with E-state index >= 15 is 0 Å². The average Bonchev–Trinajstić information content (AvgIpc) is 3.34. The Morgan fingerprint density at radius 1 is 1.14 bits per heavy atom. The highest BCUT2D eigenvalue weighted by Crippen LogP contribution is 2.38. The minimum absolute atomic E-state index is 0.0848. The second-order valence-electron chi connectivity index (χ2n) is 6.56. The fourth-order valence-corrected chi connectivity index (χ4v) is 3.40.